The molecule has 0 aliphatic carbocycles. The van der Waals surface area contributed by atoms with Gasteiger partial charge in [-0.05, 0) is 51.5 Å². The number of thiazole rings is 1. The number of hydrogen-bond acceptors (Lipinski definition) is 7. The SMILES string of the molecule is Cc1nc(Nc2cccc(C3CN(Cc4c(C)nc5c(C)cccn45)CCO3)n2)sc1C. The van der Waals surface area contributed by atoms with Crippen molar-refractivity contribution in [2.45, 2.75) is 40.3 Å². The molecule has 5 rings (SSSR count). The lowest BCUT2D eigenvalue weighted by Gasteiger charge is -2.32. The summed E-state index contributed by atoms with van der Waals surface area (Å²) in [7, 11) is 0. The minimum absolute atomic E-state index is 0.0634. The van der Waals surface area contributed by atoms with E-state index in [9.17, 15) is 0 Å². The molecule has 7 nitrogen and oxygen atoms in total. The van der Waals surface area contributed by atoms with Crippen LogP contribution in [0.4, 0.5) is 10.9 Å². The number of pyridine rings is 2. The first kappa shape index (κ1) is 21.1. The molecule has 1 atom stereocenters. The minimum Gasteiger partial charge on any atom is -0.369 e. The Bertz CT molecular complexity index is 1240. The van der Waals surface area contributed by atoms with Crippen molar-refractivity contribution in [3.8, 4) is 0 Å². The van der Waals surface area contributed by atoms with Gasteiger partial charge in [-0.3, -0.25) is 4.90 Å². The second kappa shape index (κ2) is 8.61. The van der Waals surface area contributed by atoms with Gasteiger partial charge >= 0.3 is 0 Å². The summed E-state index contributed by atoms with van der Waals surface area (Å²) in [4.78, 5) is 17.8. The zero-order chi connectivity index (χ0) is 22.2. The van der Waals surface area contributed by atoms with Crippen molar-refractivity contribution in [1.82, 2.24) is 24.3 Å². The Labute approximate surface area is 192 Å². The fraction of sp³-hybridized carbons (Fsp3) is 0.375. The first-order valence-corrected chi connectivity index (χ1v) is 11.7. The predicted molar refractivity (Wildman–Crippen MR) is 128 cm³/mol. The van der Waals surface area contributed by atoms with Crippen LogP contribution in [0.3, 0.4) is 0 Å². The van der Waals surface area contributed by atoms with Gasteiger partial charge in [0.15, 0.2) is 5.13 Å². The Morgan fingerprint density at radius 3 is 2.75 bits per heavy atom. The summed E-state index contributed by atoms with van der Waals surface area (Å²) in [6.07, 6.45) is 2.04. The van der Waals surface area contributed by atoms with E-state index in [0.29, 0.717) is 6.61 Å². The summed E-state index contributed by atoms with van der Waals surface area (Å²) in [6, 6.07) is 10.2. The van der Waals surface area contributed by atoms with Crippen molar-refractivity contribution < 1.29 is 4.74 Å². The summed E-state index contributed by atoms with van der Waals surface area (Å²) >= 11 is 1.65. The van der Waals surface area contributed by atoms with Gasteiger partial charge in [-0.1, -0.05) is 12.1 Å². The molecule has 8 heteroatoms. The summed E-state index contributed by atoms with van der Waals surface area (Å²) < 4.78 is 8.33. The number of rotatable bonds is 5. The lowest BCUT2D eigenvalue weighted by molar-refractivity contribution is -0.0354. The number of hydrogen-bond donors (Lipinski definition) is 1. The lowest BCUT2D eigenvalue weighted by atomic mass is 10.1. The third-order valence-corrected chi connectivity index (χ3v) is 7.02. The molecule has 0 saturated carbocycles. The van der Waals surface area contributed by atoms with Crippen LogP contribution in [0.25, 0.3) is 5.65 Å². The highest BCUT2D eigenvalue weighted by atomic mass is 32.1. The van der Waals surface area contributed by atoms with Crippen molar-refractivity contribution >= 4 is 27.9 Å². The molecule has 0 amide bonds. The Morgan fingerprint density at radius 2 is 1.94 bits per heavy atom. The second-order valence-corrected chi connectivity index (χ2v) is 9.56. The van der Waals surface area contributed by atoms with Crippen molar-refractivity contribution in [1.29, 1.82) is 0 Å². The van der Waals surface area contributed by atoms with E-state index in [1.54, 1.807) is 11.3 Å². The Balaban J connectivity index is 1.32. The Kier molecular flexibility index (Phi) is 5.67. The van der Waals surface area contributed by atoms with Crippen LogP contribution >= 0.6 is 11.3 Å². The number of morpholine rings is 1. The molecule has 0 radical (unpaired) electrons. The van der Waals surface area contributed by atoms with Crippen LogP contribution in [-0.4, -0.2) is 43.9 Å². The lowest BCUT2D eigenvalue weighted by Crippen LogP contribution is -2.38. The van der Waals surface area contributed by atoms with Crippen molar-refractivity contribution in [2.24, 2.45) is 0 Å². The third kappa shape index (κ3) is 4.13. The van der Waals surface area contributed by atoms with E-state index in [1.807, 2.05) is 25.1 Å². The van der Waals surface area contributed by atoms with Crippen LogP contribution in [0.15, 0.2) is 36.5 Å². The maximum atomic E-state index is 6.11. The van der Waals surface area contributed by atoms with Gasteiger partial charge in [0.05, 0.1) is 29.4 Å². The average Bonchev–Trinajstić information content (AvgIpc) is 3.27. The summed E-state index contributed by atoms with van der Waals surface area (Å²) in [5.41, 5.74) is 6.55. The fourth-order valence-electron chi connectivity index (χ4n) is 4.13. The summed E-state index contributed by atoms with van der Waals surface area (Å²) in [5, 5.41) is 4.21. The molecule has 1 aliphatic rings. The standard InChI is InChI=1S/C24H28N6OS/c1-15-7-6-10-30-20(17(3)25-23(15)30)13-29-11-12-31-21(14-29)19-8-5-9-22(27-19)28-24-26-16(2)18(4)32-24/h5-10,21H,11-14H2,1-4H3,(H,26,27,28). The van der Waals surface area contributed by atoms with Crippen LogP contribution in [-0.2, 0) is 11.3 Å². The molecule has 4 aromatic heterocycles. The van der Waals surface area contributed by atoms with E-state index in [0.717, 1.165) is 53.3 Å². The Morgan fingerprint density at radius 1 is 1.06 bits per heavy atom. The van der Waals surface area contributed by atoms with Crippen LogP contribution in [0.5, 0.6) is 0 Å². The maximum Gasteiger partial charge on any atom is 0.188 e. The summed E-state index contributed by atoms with van der Waals surface area (Å²) in [5.74, 6) is 0.796. The van der Waals surface area contributed by atoms with E-state index in [4.69, 9.17) is 14.7 Å². The predicted octanol–water partition coefficient (Wildman–Crippen LogP) is 4.74. The highest BCUT2D eigenvalue weighted by molar-refractivity contribution is 7.15. The number of aromatic nitrogens is 4. The highest BCUT2D eigenvalue weighted by Gasteiger charge is 2.25. The van der Waals surface area contributed by atoms with Gasteiger partial charge in [-0.15, -0.1) is 11.3 Å². The molecular weight excluding hydrogens is 420 g/mol. The van der Waals surface area contributed by atoms with E-state index in [2.05, 4.69) is 58.7 Å². The molecule has 1 unspecified atom stereocenters. The van der Waals surface area contributed by atoms with Crippen molar-refractivity contribution in [2.75, 3.05) is 25.0 Å². The van der Waals surface area contributed by atoms with Gasteiger partial charge in [-0.2, -0.15) is 0 Å². The maximum absolute atomic E-state index is 6.11. The number of imidazole rings is 1. The first-order chi connectivity index (χ1) is 15.5. The second-order valence-electron chi connectivity index (χ2n) is 8.36. The topological polar surface area (TPSA) is 67.6 Å². The monoisotopic (exact) mass is 448 g/mol. The molecule has 1 aliphatic heterocycles. The minimum atomic E-state index is -0.0634. The van der Waals surface area contributed by atoms with E-state index in [-0.39, 0.29) is 6.10 Å². The van der Waals surface area contributed by atoms with Crippen LogP contribution in [0, 0.1) is 27.7 Å². The zero-order valence-corrected chi connectivity index (χ0v) is 19.7. The van der Waals surface area contributed by atoms with E-state index < -0.39 is 0 Å². The zero-order valence-electron chi connectivity index (χ0n) is 18.9. The van der Waals surface area contributed by atoms with Gasteiger partial charge < -0.3 is 14.5 Å². The number of aryl methyl sites for hydroxylation is 4. The molecule has 1 fully saturated rings. The van der Waals surface area contributed by atoms with Gasteiger partial charge in [0.2, 0.25) is 0 Å². The molecular formula is C24H28N6OS. The molecule has 32 heavy (non-hydrogen) atoms. The molecule has 1 saturated heterocycles. The Hall–Kier alpha value is -2.81. The van der Waals surface area contributed by atoms with E-state index in [1.165, 1.54) is 16.1 Å². The normalized spacial score (nSPS) is 17.2. The number of ether oxygens (including phenoxy) is 1. The molecule has 0 spiro atoms. The smallest absolute Gasteiger partial charge is 0.188 e. The van der Waals surface area contributed by atoms with Gasteiger partial charge in [-0.25, -0.2) is 15.0 Å². The summed E-state index contributed by atoms with van der Waals surface area (Å²) in [6.45, 7) is 11.5. The fourth-order valence-corrected chi connectivity index (χ4v) is 4.95. The van der Waals surface area contributed by atoms with Crippen LogP contribution in [0.2, 0.25) is 0 Å². The number of fused-ring (bicyclic) bond motifs is 1. The van der Waals surface area contributed by atoms with E-state index >= 15 is 0 Å². The molecule has 0 bridgehead atoms. The molecule has 4 aromatic rings. The highest BCUT2D eigenvalue weighted by Crippen LogP contribution is 2.27. The third-order valence-electron chi connectivity index (χ3n) is 6.03. The van der Waals surface area contributed by atoms with Gasteiger partial charge in [0, 0.05) is 30.7 Å². The number of nitrogens with zero attached hydrogens (tertiary/aromatic N) is 5. The van der Waals surface area contributed by atoms with Gasteiger partial charge in [0.25, 0.3) is 0 Å². The average molecular weight is 449 g/mol. The number of nitrogens with one attached hydrogen (secondary N) is 1. The van der Waals surface area contributed by atoms with Crippen LogP contribution in [0.1, 0.15) is 39.3 Å². The largest absolute Gasteiger partial charge is 0.369 e. The number of anilines is 2. The molecule has 1 N–H and O–H groups in total. The van der Waals surface area contributed by atoms with Crippen LogP contribution < -0.4 is 5.32 Å². The van der Waals surface area contributed by atoms with Crippen molar-refractivity contribution in [3.05, 3.63) is 69.7 Å². The molecule has 5 heterocycles. The molecule has 166 valence electrons. The van der Waals surface area contributed by atoms with Crippen molar-refractivity contribution in [3.63, 3.8) is 0 Å². The van der Waals surface area contributed by atoms with Gasteiger partial charge in [0.1, 0.15) is 17.6 Å². The molecule has 0 aromatic carbocycles. The first-order valence-electron chi connectivity index (χ1n) is 10.9. The quantitative estimate of drug-likeness (QED) is 0.476.